The lowest BCUT2D eigenvalue weighted by atomic mass is 9.99. The van der Waals surface area contributed by atoms with Crippen molar-refractivity contribution in [3.63, 3.8) is 0 Å². The molecule has 0 N–H and O–H groups in total. The summed E-state index contributed by atoms with van der Waals surface area (Å²) in [6.07, 6.45) is 5.16. The summed E-state index contributed by atoms with van der Waals surface area (Å²) in [6, 6.07) is 11.2. The van der Waals surface area contributed by atoms with Crippen molar-refractivity contribution in [2.24, 2.45) is 0 Å². The third-order valence-corrected chi connectivity index (χ3v) is 4.92. The Hall–Kier alpha value is -1.65. The van der Waals surface area contributed by atoms with E-state index in [0.717, 1.165) is 30.1 Å². The minimum atomic E-state index is 0.661. The predicted molar refractivity (Wildman–Crippen MR) is 97.9 cm³/mol. The predicted octanol–water partition coefficient (Wildman–Crippen LogP) is 3.96. The van der Waals surface area contributed by atoms with Gasteiger partial charge >= 0.3 is 0 Å². The second kappa shape index (κ2) is 7.95. The molecule has 0 bridgehead atoms. The first kappa shape index (κ1) is 17.2. The summed E-state index contributed by atoms with van der Waals surface area (Å²) in [5.74, 6) is 0.974. The van der Waals surface area contributed by atoms with Crippen LogP contribution in [0.25, 0.3) is 11.3 Å². The van der Waals surface area contributed by atoms with Crippen molar-refractivity contribution in [1.82, 2.24) is 15.0 Å². The molecule has 2 aromatic rings. The Morgan fingerprint density at radius 3 is 2.75 bits per heavy atom. The van der Waals surface area contributed by atoms with Crippen LogP contribution in [-0.2, 0) is 6.54 Å². The molecule has 1 aliphatic heterocycles. The molecule has 1 fully saturated rings. The molecule has 1 atom stereocenters. The Balaban J connectivity index is 1.65. The lowest BCUT2D eigenvalue weighted by molar-refractivity contribution is 0.113. The highest BCUT2D eigenvalue weighted by molar-refractivity contribution is 5.59. The van der Waals surface area contributed by atoms with E-state index in [-0.39, 0.29) is 0 Å². The fourth-order valence-electron chi connectivity index (χ4n) is 3.45. The van der Waals surface area contributed by atoms with Crippen molar-refractivity contribution in [2.45, 2.75) is 45.2 Å². The Morgan fingerprint density at radius 2 is 2.00 bits per heavy atom. The summed E-state index contributed by atoms with van der Waals surface area (Å²) >= 11 is 0. The standard InChI is InChI=1S/C20H29N3O/c1-16-7-9-17(10-8-16)20-14-19(24-21-20)15-23-12-5-4-6-18(23)11-13-22(2)3/h7-10,14,18H,4-6,11-13,15H2,1-3H3. The van der Waals surface area contributed by atoms with Gasteiger partial charge < -0.3 is 9.42 Å². The zero-order valence-corrected chi connectivity index (χ0v) is 15.2. The highest BCUT2D eigenvalue weighted by atomic mass is 16.5. The van der Waals surface area contributed by atoms with E-state index in [9.17, 15) is 0 Å². The second-order valence-electron chi connectivity index (χ2n) is 7.26. The van der Waals surface area contributed by atoms with Gasteiger partial charge in [0.25, 0.3) is 0 Å². The van der Waals surface area contributed by atoms with Crippen LogP contribution >= 0.6 is 0 Å². The lowest BCUT2D eigenvalue weighted by Gasteiger charge is -2.35. The molecule has 3 rings (SSSR count). The van der Waals surface area contributed by atoms with Crippen LogP contribution in [0.1, 0.15) is 37.0 Å². The summed E-state index contributed by atoms with van der Waals surface area (Å²) in [5.41, 5.74) is 3.32. The van der Waals surface area contributed by atoms with E-state index in [1.54, 1.807) is 0 Å². The van der Waals surface area contributed by atoms with Gasteiger partial charge in [-0.1, -0.05) is 41.4 Å². The second-order valence-corrected chi connectivity index (χ2v) is 7.26. The van der Waals surface area contributed by atoms with Crippen LogP contribution in [-0.4, -0.2) is 48.2 Å². The van der Waals surface area contributed by atoms with Crippen molar-refractivity contribution in [3.05, 3.63) is 41.7 Å². The summed E-state index contributed by atoms with van der Waals surface area (Å²) in [7, 11) is 4.30. The first-order valence-electron chi connectivity index (χ1n) is 9.03. The van der Waals surface area contributed by atoms with Crippen LogP contribution in [0.3, 0.4) is 0 Å². The number of nitrogens with zero attached hydrogens (tertiary/aromatic N) is 3. The largest absolute Gasteiger partial charge is 0.359 e. The number of hydrogen-bond donors (Lipinski definition) is 0. The quantitative estimate of drug-likeness (QED) is 0.804. The number of aromatic nitrogens is 1. The van der Waals surface area contributed by atoms with Gasteiger partial charge in [-0.2, -0.15) is 0 Å². The zero-order valence-electron chi connectivity index (χ0n) is 15.2. The van der Waals surface area contributed by atoms with Crippen LogP contribution < -0.4 is 0 Å². The fourth-order valence-corrected chi connectivity index (χ4v) is 3.45. The molecule has 1 aromatic carbocycles. The summed E-state index contributed by atoms with van der Waals surface area (Å²) in [4.78, 5) is 4.85. The molecule has 0 amide bonds. The molecular formula is C20H29N3O. The van der Waals surface area contributed by atoms with E-state index in [2.05, 4.69) is 66.3 Å². The molecule has 24 heavy (non-hydrogen) atoms. The number of rotatable bonds is 6. The smallest absolute Gasteiger partial charge is 0.151 e. The third kappa shape index (κ3) is 4.46. The van der Waals surface area contributed by atoms with Crippen LogP contribution in [0.5, 0.6) is 0 Å². The third-order valence-electron chi connectivity index (χ3n) is 4.92. The van der Waals surface area contributed by atoms with Crippen LogP contribution in [0.4, 0.5) is 0 Å². The lowest BCUT2D eigenvalue weighted by Crippen LogP contribution is -2.40. The maximum absolute atomic E-state index is 5.62. The number of likely N-dealkylation sites (tertiary alicyclic amines) is 1. The Labute approximate surface area is 145 Å². The van der Waals surface area contributed by atoms with E-state index < -0.39 is 0 Å². The molecule has 0 radical (unpaired) electrons. The topological polar surface area (TPSA) is 32.5 Å². The van der Waals surface area contributed by atoms with E-state index >= 15 is 0 Å². The van der Waals surface area contributed by atoms with E-state index in [0.29, 0.717) is 6.04 Å². The van der Waals surface area contributed by atoms with Crippen molar-refractivity contribution in [1.29, 1.82) is 0 Å². The minimum absolute atomic E-state index is 0.661. The van der Waals surface area contributed by atoms with Gasteiger partial charge in [0.05, 0.1) is 6.54 Å². The normalized spacial score (nSPS) is 19.1. The van der Waals surface area contributed by atoms with Gasteiger partial charge in [-0.15, -0.1) is 0 Å². The molecule has 130 valence electrons. The van der Waals surface area contributed by atoms with Gasteiger partial charge in [0.15, 0.2) is 5.76 Å². The van der Waals surface area contributed by atoms with Gasteiger partial charge in [0.1, 0.15) is 5.69 Å². The number of hydrogen-bond acceptors (Lipinski definition) is 4. The first-order valence-corrected chi connectivity index (χ1v) is 9.03. The van der Waals surface area contributed by atoms with Crippen molar-refractivity contribution < 1.29 is 4.52 Å². The Morgan fingerprint density at radius 1 is 1.21 bits per heavy atom. The molecule has 1 saturated heterocycles. The van der Waals surface area contributed by atoms with Crippen LogP contribution in [0.2, 0.25) is 0 Å². The van der Waals surface area contributed by atoms with Gasteiger partial charge in [-0.25, -0.2) is 0 Å². The molecule has 1 unspecified atom stereocenters. The van der Waals surface area contributed by atoms with Gasteiger partial charge in [0, 0.05) is 17.7 Å². The fraction of sp³-hybridized carbons (Fsp3) is 0.550. The molecular weight excluding hydrogens is 298 g/mol. The molecule has 0 spiro atoms. The van der Waals surface area contributed by atoms with Crippen LogP contribution in [0.15, 0.2) is 34.9 Å². The minimum Gasteiger partial charge on any atom is -0.359 e. The van der Waals surface area contributed by atoms with Crippen molar-refractivity contribution in [3.8, 4) is 11.3 Å². The highest BCUT2D eigenvalue weighted by Crippen LogP contribution is 2.24. The number of benzene rings is 1. The number of aryl methyl sites for hydroxylation is 1. The van der Waals surface area contributed by atoms with Gasteiger partial charge in [-0.3, -0.25) is 4.90 Å². The van der Waals surface area contributed by atoms with E-state index in [1.165, 1.54) is 37.8 Å². The van der Waals surface area contributed by atoms with E-state index in [4.69, 9.17) is 4.52 Å². The Bertz CT molecular complexity index is 633. The van der Waals surface area contributed by atoms with Gasteiger partial charge in [0.2, 0.25) is 0 Å². The average Bonchev–Trinajstić information content (AvgIpc) is 3.03. The highest BCUT2D eigenvalue weighted by Gasteiger charge is 2.23. The van der Waals surface area contributed by atoms with Crippen molar-refractivity contribution >= 4 is 0 Å². The van der Waals surface area contributed by atoms with E-state index in [1.807, 2.05) is 0 Å². The maximum Gasteiger partial charge on any atom is 0.151 e. The molecule has 4 heteroatoms. The summed E-state index contributed by atoms with van der Waals surface area (Å²) in [5, 5.41) is 4.27. The monoisotopic (exact) mass is 327 g/mol. The Kier molecular flexibility index (Phi) is 5.69. The number of piperidine rings is 1. The zero-order chi connectivity index (χ0) is 16.9. The van der Waals surface area contributed by atoms with Crippen LogP contribution in [0, 0.1) is 6.92 Å². The molecule has 0 aliphatic carbocycles. The summed E-state index contributed by atoms with van der Waals surface area (Å²) < 4.78 is 5.62. The molecule has 4 nitrogen and oxygen atoms in total. The molecule has 0 saturated carbocycles. The SMILES string of the molecule is Cc1ccc(-c2cc(CN3CCCCC3CCN(C)C)on2)cc1. The molecule has 2 heterocycles. The van der Waals surface area contributed by atoms with Gasteiger partial charge in [-0.05, 0) is 53.4 Å². The molecule has 1 aliphatic rings. The maximum atomic E-state index is 5.62. The van der Waals surface area contributed by atoms with Crippen molar-refractivity contribution in [2.75, 3.05) is 27.2 Å². The summed E-state index contributed by atoms with van der Waals surface area (Å²) in [6.45, 7) is 5.28. The first-order chi connectivity index (χ1) is 11.6. The molecule has 1 aromatic heterocycles. The average molecular weight is 327 g/mol.